The van der Waals surface area contributed by atoms with E-state index in [1.54, 1.807) is 0 Å². The smallest absolute Gasteiger partial charge is 0.244 e. The maximum absolute atomic E-state index is 5.01. The van der Waals surface area contributed by atoms with E-state index in [1.165, 1.54) is 0 Å². The van der Waals surface area contributed by atoms with Crippen molar-refractivity contribution in [1.82, 2.24) is 15.5 Å². The van der Waals surface area contributed by atoms with Crippen LogP contribution in [0.5, 0.6) is 0 Å². The van der Waals surface area contributed by atoms with E-state index >= 15 is 0 Å². The van der Waals surface area contributed by atoms with Gasteiger partial charge in [0.05, 0.1) is 6.04 Å². The summed E-state index contributed by atoms with van der Waals surface area (Å²) in [6.45, 7) is 1.83. The van der Waals surface area contributed by atoms with Crippen molar-refractivity contribution in [2.75, 3.05) is 11.6 Å². The van der Waals surface area contributed by atoms with Crippen molar-refractivity contribution in [3.8, 4) is 0 Å². The standard InChI is InChI=1S/C6H9N3OS.ClH/c1-4-8-6(10-9-4)5-2-11-3-7-5;/h5,7H,2-3H2,1H3;1H. The minimum atomic E-state index is 0. The van der Waals surface area contributed by atoms with E-state index in [9.17, 15) is 0 Å². The molecule has 1 aliphatic heterocycles. The molecule has 6 heteroatoms. The van der Waals surface area contributed by atoms with Crippen LogP contribution in [0.3, 0.4) is 0 Å². The zero-order valence-electron chi connectivity index (χ0n) is 6.61. The van der Waals surface area contributed by atoms with Crippen LogP contribution < -0.4 is 5.32 Å². The number of hydrogen-bond acceptors (Lipinski definition) is 5. The van der Waals surface area contributed by atoms with E-state index in [4.69, 9.17) is 4.52 Å². The molecule has 2 heterocycles. The number of nitrogens with one attached hydrogen (secondary N) is 1. The predicted molar refractivity (Wildman–Crippen MR) is 49.5 cm³/mol. The Kier molecular flexibility index (Phi) is 3.37. The zero-order chi connectivity index (χ0) is 7.68. The van der Waals surface area contributed by atoms with Crippen molar-refractivity contribution < 1.29 is 4.52 Å². The largest absolute Gasteiger partial charge is 0.338 e. The summed E-state index contributed by atoms with van der Waals surface area (Å²) >= 11 is 1.85. The minimum Gasteiger partial charge on any atom is -0.338 e. The van der Waals surface area contributed by atoms with Crippen molar-refractivity contribution in [1.29, 1.82) is 0 Å². The Morgan fingerprint density at radius 3 is 3.00 bits per heavy atom. The number of nitrogens with zero attached hydrogens (tertiary/aromatic N) is 2. The first kappa shape index (κ1) is 9.83. The molecule has 1 unspecified atom stereocenters. The molecular weight excluding hydrogens is 198 g/mol. The monoisotopic (exact) mass is 207 g/mol. The third kappa shape index (κ3) is 1.91. The number of rotatable bonds is 1. The molecule has 68 valence electrons. The molecule has 1 fully saturated rings. The minimum absolute atomic E-state index is 0. The highest BCUT2D eigenvalue weighted by molar-refractivity contribution is 7.99. The van der Waals surface area contributed by atoms with Crippen LogP contribution in [0.2, 0.25) is 0 Å². The molecule has 1 aromatic rings. The molecule has 0 amide bonds. The molecule has 0 radical (unpaired) electrons. The predicted octanol–water partition coefficient (Wildman–Crippen LogP) is 1.13. The highest BCUT2D eigenvalue weighted by atomic mass is 35.5. The quantitative estimate of drug-likeness (QED) is 0.749. The van der Waals surface area contributed by atoms with Crippen molar-refractivity contribution in [3.05, 3.63) is 11.7 Å². The van der Waals surface area contributed by atoms with Crippen molar-refractivity contribution in [3.63, 3.8) is 0 Å². The third-order valence-corrected chi connectivity index (χ3v) is 2.50. The van der Waals surface area contributed by atoms with Crippen LogP contribution in [0.25, 0.3) is 0 Å². The SMILES string of the molecule is Cc1noc(C2CSCN2)n1.Cl. The molecule has 12 heavy (non-hydrogen) atoms. The summed E-state index contributed by atoms with van der Waals surface area (Å²) in [6.07, 6.45) is 0. The van der Waals surface area contributed by atoms with Gasteiger partial charge in [-0.3, -0.25) is 5.32 Å². The summed E-state index contributed by atoms with van der Waals surface area (Å²) in [5.74, 6) is 3.43. The molecule has 1 aromatic heterocycles. The molecule has 0 saturated carbocycles. The Morgan fingerprint density at radius 1 is 1.67 bits per heavy atom. The molecule has 0 aliphatic carbocycles. The lowest BCUT2D eigenvalue weighted by molar-refractivity contribution is 0.348. The lowest BCUT2D eigenvalue weighted by Crippen LogP contribution is -2.14. The fourth-order valence-electron chi connectivity index (χ4n) is 1.01. The van der Waals surface area contributed by atoms with Gasteiger partial charge in [0, 0.05) is 11.6 Å². The van der Waals surface area contributed by atoms with Crippen LogP contribution in [0.1, 0.15) is 17.8 Å². The Labute approximate surface area is 80.9 Å². The maximum atomic E-state index is 5.01. The molecule has 1 aliphatic rings. The molecule has 1 atom stereocenters. The van der Waals surface area contributed by atoms with Gasteiger partial charge in [-0.05, 0) is 6.92 Å². The third-order valence-electron chi connectivity index (χ3n) is 1.56. The normalized spacial score (nSPS) is 22.2. The summed E-state index contributed by atoms with van der Waals surface area (Å²) < 4.78 is 5.01. The number of aromatic nitrogens is 2. The van der Waals surface area contributed by atoms with Crippen molar-refractivity contribution in [2.45, 2.75) is 13.0 Å². The molecule has 0 spiro atoms. The van der Waals surface area contributed by atoms with Gasteiger partial charge in [0.1, 0.15) is 0 Å². The highest BCUT2D eigenvalue weighted by Crippen LogP contribution is 2.22. The average molecular weight is 208 g/mol. The van der Waals surface area contributed by atoms with Gasteiger partial charge in [0.2, 0.25) is 5.89 Å². The van der Waals surface area contributed by atoms with E-state index in [0.29, 0.717) is 11.7 Å². The summed E-state index contributed by atoms with van der Waals surface area (Å²) in [7, 11) is 0. The Balaban J connectivity index is 0.000000720. The lowest BCUT2D eigenvalue weighted by Gasteiger charge is -1.99. The summed E-state index contributed by atoms with van der Waals surface area (Å²) in [4.78, 5) is 4.14. The molecule has 1 saturated heterocycles. The van der Waals surface area contributed by atoms with Gasteiger partial charge in [-0.15, -0.1) is 24.2 Å². The molecule has 4 nitrogen and oxygen atoms in total. The second-order valence-corrected chi connectivity index (χ2v) is 3.48. The lowest BCUT2D eigenvalue weighted by atomic mass is 10.3. The zero-order valence-corrected chi connectivity index (χ0v) is 8.24. The van der Waals surface area contributed by atoms with Gasteiger partial charge in [0.25, 0.3) is 0 Å². The molecule has 0 aromatic carbocycles. The number of aryl methyl sites for hydroxylation is 1. The molecule has 0 bridgehead atoms. The first-order valence-corrected chi connectivity index (χ1v) is 4.63. The first-order chi connectivity index (χ1) is 5.36. The van der Waals surface area contributed by atoms with E-state index in [2.05, 4.69) is 15.5 Å². The molecule has 1 N–H and O–H groups in total. The van der Waals surface area contributed by atoms with Gasteiger partial charge >= 0.3 is 0 Å². The fraction of sp³-hybridized carbons (Fsp3) is 0.667. The van der Waals surface area contributed by atoms with E-state index in [1.807, 2.05) is 18.7 Å². The van der Waals surface area contributed by atoms with Crippen molar-refractivity contribution >= 4 is 24.2 Å². The van der Waals surface area contributed by atoms with Gasteiger partial charge in [0.15, 0.2) is 5.82 Å². The first-order valence-electron chi connectivity index (χ1n) is 3.47. The van der Waals surface area contributed by atoms with Gasteiger partial charge in [-0.25, -0.2) is 0 Å². The van der Waals surface area contributed by atoms with Crippen LogP contribution in [0, 0.1) is 6.92 Å². The van der Waals surface area contributed by atoms with Gasteiger partial charge in [-0.2, -0.15) is 4.98 Å². The molecule has 2 rings (SSSR count). The number of halogens is 1. The summed E-state index contributed by atoms with van der Waals surface area (Å²) in [5.41, 5.74) is 0. The number of thioether (sulfide) groups is 1. The topological polar surface area (TPSA) is 51.0 Å². The Hall–Kier alpha value is -0.260. The second-order valence-electron chi connectivity index (χ2n) is 2.45. The van der Waals surface area contributed by atoms with Gasteiger partial charge < -0.3 is 4.52 Å². The Morgan fingerprint density at radius 2 is 2.50 bits per heavy atom. The summed E-state index contributed by atoms with van der Waals surface area (Å²) in [5, 5.41) is 6.98. The van der Waals surface area contributed by atoms with E-state index < -0.39 is 0 Å². The van der Waals surface area contributed by atoms with Crippen LogP contribution >= 0.6 is 24.2 Å². The van der Waals surface area contributed by atoms with Crippen LogP contribution in [-0.4, -0.2) is 21.8 Å². The van der Waals surface area contributed by atoms with Crippen molar-refractivity contribution in [2.24, 2.45) is 0 Å². The van der Waals surface area contributed by atoms with Crippen LogP contribution in [0.15, 0.2) is 4.52 Å². The van der Waals surface area contributed by atoms with Gasteiger partial charge in [-0.1, -0.05) is 5.16 Å². The van der Waals surface area contributed by atoms with E-state index in [-0.39, 0.29) is 18.4 Å². The van der Waals surface area contributed by atoms with Crippen LogP contribution in [-0.2, 0) is 0 Å². The fourth-order valence-corrected chi connectivity index (χ4v) is 1.94. The Bertz CT molecular complexity index is 249. The second kappa shape index (κ2) is 4.11. The van der Waals surface area contributed by atoms with E-state index in [0.717, 1.165) is 11.6 Å². The van der Waals surface area contributed by atoms with Crippen LogP contribution in [0.4, 0.5) is 0 Å². The molecular formula is C6H10ClN3OS. The average Bonchev–Trinajstić information content (AvgIpc) is 2.55. The maximum Gasteiger partial charge on any atom is 0.244 e. The summed E-state index contributed by atoms with van der Waals surface area (Å²) in [6, 6.07) is 0.265. The number of hydrogen-bond donors (Lipinski definition) is 1. The highest BCUT2D eigenvalue weighted by Gasteiger charge is 2.21.